The first kappa shape index (κ1) is 46.9. The Hall–Kier alpha value is -3.81. The van der Waals surface area contributed by atoms with Gasteiger partial charge in [0.2, 0.25) is 5.82 Å². The lowest BCUT2D eigenvalue weighted by atomic mass is 9.88. The number of hydrogen-bond donors (Lipinski definition) is 1. The third-order valence-corrected chi connectivity index (χ3v) is 18.4. The van der Waals surface area contributed by atoms with Crippen LogP contribution in [0.2, 0.25) is 0 Å². The zero-order chi connectivity index (χ0) is 47.2. The Bertz CT molecular complexity index is 3630. The highest BCUT2D eigenvalue weighted by molar-refractivity contribution is 9.18. The molecule has 67 heavy (non-hydrogen) atoms. The lowest BCUT2D eigenvalue weighted by molar-refractivity contribution is 0.381. The number of rotatable bonds is 5. The predicted molar refractivity (Wildman–Crippen MR) is 285 cm³/mol. The fourth-order valence-corrected chi connectivity index (χ4v) is 14.1. The van der Waals surface area contributed by atoms with Gasteiger partial charge in [-0.15, -0.1) is 0 Å². The Morgan fingerprint density at radius 3 is 1.27 bits per heavy atom. The van der Waals surface area contributed by atoms with Crippen LogP contribution in [0.1, 0.15) is 33.9 Å². The number of para-hydroxylation sites is 1. The van der Waals surface area contributed by atoms with E-state index < -0.39 is 34.6 Å². The van der Waals surface area contributed by atoms with E-state index in [1.807, 2.05) is 78.9 Å². The van der Waals surface area contributed by atoms with Crippen molar-refractivity contribution >= 4 is 170 Å². The van der Waals surface area contributed by atoms with Crippen molar-refractivity contribution in [3.63, 3.8) is 0 Å². The maximum Gasteiger partial charge on any atom is 0.200 e. The summed E-state index contributed by atoms with van der Waals surface area (Å²) in [6, 6.07) is 37.1. The fourth-order valence-electron chi connectivity index (χ4n) is 8.24. The SMILES string of the molecule is Fc1c(F)c(F)c(-c2c(Br)c3c(Br)c4nc(c(Br)c5[nH]c(c(Br)c6nc(c(-c7ccccc7)c2n3-c2ccccc2)C(c2ccccc2)=C6c2ccccc2)c(Br)c5Br)C(Br)=C4Br)c(F)c1F. The van der Waals surface area contributed by atoms with Crippen LogP contribution in [0.25, 0.3) is 70.1 Å². The van der Waals surface area contributed by atoms with Crippen LogP contribution in [-0.4, -0.2) is 19.5 Å². The molecule has 3 aromatic heterocycles. The maximum atomic E-state index is 16.9. The van der Waals surface area contributed by atoms with Crippen molar-refractivity contribution in [2.75, 3.05) is 0 Å². The van der Waals surface area contributed by atoms with Gasteiger partial charge in [-0.25, -0.2) is 31.9 Å². The third kappa shape index (κ3) is 7.60. The second-order valence-electron chi connectivity index (χ2n) is 14.9. The van der Waals surface area contributed by atoms with E-state index in [9.17, 15) is 0 Å². The smallest absolute Gasteiger partial charge is 0.200 e. The normalized spacial score (nSPS) is 12.7. The summed E-state index contributed by atoms with van der Waals surface area (Å²) in [5.41, 5.74) is 5.46. The molecule has 8 bridgehead atoms. The zero-order valence-electron chi connectivity index (χ0n) is 33.3. The minimum Gasteiger partial charge on any atom is -0.352 e. The van der Waals surface area contributed by atoms with Gasteiger partial charge in [0.15, 0.2) is 23.3 Å². The van der Waals surface area contributed by atoms with E-state index >= 15 is 22.0 Å². The number of aromatic nitrogens is 4. The van der Waals surface area contributed by atoms with Crippen molar-refractivity contribution in [2.24, 2.45) is 0 Å². The minimum absolute atomic E-state index is 0.0286. The van der Waals surface area contributed by atoms with Crippen molar-refractivity contribution in [3.8, 4) is 27.9 Å². The number of halogens is 13. The summed E-state index contributed by atoms with van der Waals surface area (Å²) in [4.78, 5) is 14.2. The Balaban J connectivity index is 1.64. The van der Waals surface area contributed by atoms with Crippen LogP contribution in [0, 0.1) is 29.1 Å². The highest BCUT2D eigenvalue weighted by atomic mass is 79.9. The fraction of sp³-hybridized carbons (Fsp3) is 0. The Kier molecular flexibility index (Phi) is 12.9. The van der Waals surface area contributed by atoms with E-state index in [2.05, 4.69) is 132 Å². The molecule has 2 aliphatic rings. The first-order chi connectivity index (χ1) is 32.2. The minimum atomic E-state index is -2.29. The number of aromatic amines is 1. The second kappa shape index (κ2) is 18.5. The molecule has 0 radical (unpaired) electrons. The molecule has 332 valence electrons. The molecule has 0 amide bonds. The standard InChI is InChI=1S/C50H21Br8F5N4/c51-30-28(29-38(59)40(61)42(63)41(62)39(29)60)49-27(23-17-9-3-10-18-23)43-25(21-13-5-1-6-14-21)26(22-15-7-2-8-16-22)44(64-43)35(56)45-31(52)32(53)46(65-45)36(57)47-33(54)34(55)48(66-47)37(58)50(30)67(49)24-19-11-4-12-20-24/h1-20,65H. The van der Waals surface area contributed by atoms with Crippen molar-refractivity contribution < 1.29 is 22.0 Å². The number of benzene rings is 5. The Morgan fingerprint density at radius 1 is 0.358 bits per heavy atom. The lowest BCUT2D eigenvalue weighted by Crippen LogP contribution is -2.05. The van der Waals surface area contributed by atoms with Crippen molar-refractivity contribution in [1.29, 1.82) is 0 Å². The monoisotopic (exact) mass is 1400 g/mol. The predicted octanol–water partition coefficient (Wildman–Crippen LogP) is 19.0. The molecule has 5 aromatic carbocycles. The maximum absolute atomic E-state index is 16.9. The van der Waals surface area contributed by atoms with Gasteiger partial charge in [-0.3, -0.25) is 0 Å². The van der Waals surface area contributed by atoms with Crippen LogP contribution >= 0.6 is 127 Å². The molecule has 17 heteroatoms. The summed E-state index contributed by atoms with van der Waals surface area (Å²) in [7, 11) is 0. The van der Waals surface area contributed by atoms with Gasteiger partial charge in [0, 0.05) is 28.0 Å². The summed E-state index contributed by atoms with van der Waals surface area (Å²) >= 11 is 30.6. The molecule has 8 aromatic rings. The molecule has 0 spiro atoms. The molecule has 0 saturated carbocycles. The van der Waals surface area contributed by atoms with Crippen LogP contribution in [0.3, 0.4) is 0 Å². The van der Waals surface area contributed by atoms with E-state index in [4.69, 9.17) is 9.97 Å². The quantitative estimate of drug-likeness (QED) is 0.106. The molecule has 0 fully saturated rings. The van der Waals surface area contributed by atoms with Crippen molar-refractivity contribution in [3.05, 3.63) is 211 Å². The van der Waals surface area contributed by atoms with E-state index in [-0.39, 0.29) is 31.1 Å². The second-order valence-corrected chi connectivity index (χ2v) is 21.3. The van der Waals surface area contributed by atoms with Crippen molar-refractivity contribution in [1.82, 2.24) is 19.5 Å². The van der Waals surface area contributed by atoms with Crippen LogP contribution in [0.5, 0.6) is 0 Å². The summed E-state index contributed by atoms with van der Waals surface area (Å²) < 4.78 is 85.7. The summed E-state index contributed by atoms with van der Waals surface area (Å²) in [5.74, 6) is -10.6. The number of nitrogens with one attached hydrogen (secondary N) is 1. The molecule has 0 saturated heterocycles. The lowest BCUT2D eigenvalue weighted by Gasteiger charge is -2.17. The molecule has 0 atom stereocenters. The highest BCUT2D eigenvalue weighted by Gasteiger charge is 2.36. The highest BCUT2D eigenvalue weighted by Crippen LogP contribution is 2.54. The average molecular weight is 1410 g/mol. The van der Waals surface area contributed by atoms with Gasteiger partial charge >= 0.3 is 0 Å². The first-order valence-electron chi connectivity index (χ1n) is 19.7. The van der Waals surface area contributed by atoms with Crippen LogP contribution in [0.15, 0.2) is 148 Å². The van der Waals surface area contributed by atoms with Gasteiger partial charge in [0.05, 0.1) is 86.2 Å². The third-order valence-electron chi connectivity index (χ3n) is 11.2. The first-order valence-corrected chi connectivity index (χ1v) is 26.0. The number of fused-ring (bicyclic) bond motifs is 8. The zero-order valence-corrected chi connectivity index (χ0v) is 46.0. The number of nitrogens with zero attached hydrogens (tertiary/aromatic N) is 3. The van der Waals surface area contributed by atoms with Crippen LogP contribution in [-0.2, 0) is 0 Å². The summed E-state index contributed by atoms with van der Waals surface area (Å²) in [5, 5.41) is 0. The van der Waals surface area contributed by atoms with Gasteiger partial charge in [-0.2, -0.15) is 0 Å². The van der Waals surface area contributed by atoms with E-state index in [0.29, 0.717) is 83.1 Å². The molecular weight excluding hydrogens is 1390 g/mol. The van der Waals surface area contributed by atoms with E-state index in [1.165, 1.54) is 0 Å². The van der Waals surface area contributed by atoms with E-state index in [0.717, 1.165) is 11.1 Å². The van der Waals surface area contributed by atoms with Crippen LogP contribution < -0.4 is 0 Å². The van der Waals surface area contributed by atoms with Gasteiger partial charge in [0.1, 0.15) is 0 Å². The molecule has 1 N–H and O–H groups in total. The molecule has 2 aliphatic heterocycles. The largest absolute Gasteiger partial charge is 0.352 e. The number of hydrogen-bond acceptors (Lipinski definition) is 2. The number of H-pyrrole nitrogens is 1. The summed E-state index contributed by atoms with van der Waals surface area (Å²) in [6.45, 7) is 0. The van der Waals surface area contributed by atoms with Crippen LogP contribution in [0.4, 0.5) is 22.0 Å². The summed E-state index contributed by atoms with van der Waals surface area (Å²) in [6.07, 6.45) is 0. The van der Waals surface area contributed by atoms with Gasteiger partial charge in [-0.1, -0.05) is 109 Å². The van der Waals surface area contributed by atoms with E-state index in [1.54, 1.807) is 47.0 Å². The molecule has 4 nitrogen and oxygen atoms in total. The van der Waals surface area contributed by atoms with Gasteiger partial charge < -0.3 is 9.55 Å². The van der Waals surface area contributed by atoms with Crippen molar-refractivity contribution in [2.45, 2.75) is 0 Å². The average Bonchev–Trinajstić information content (AvgIpc) is 4.07. The Morgan fingerprint density at radius 2 is 0.761 bits per heavy atom. The van der Waals surface area contributed by atoms with Gasteiger partial charge in [0.25, 0.3) is 0 Å². The Labute approximate surface area is 445 Å². The van der Waals surface area contributed by atoms with Gasteiger partial charge in [-0.05, 0) is 156 Å². The topological polar surface area (TPSA) is 46.5 Å². The molecule has 10 rings (SSSR count). The molecule has 0 aliphatic carbocycles. The molecular formula is C50H21Br8F5N4. The molecule has 0 unspecified atom stereocenters. The molecule has 5 heterocycles.